The van der Waals surface area contributed by atoms with Crippen LogP contribution < -0.4 is 10.5 Å². The highest BCUT2D eigenvalue weighted by atomic mass is 79.9. The number of benzene rings is 2. The molecule has 0 radical (unpaired) electrons. The van der Waals surface area contributed by atoms with E-state index in [1.54, 1.807) is 7.11 Å². The Hall–Kier alpha value is -1.32. The molecule has 0 amide bonds. The van der Waals surface area contributed by atoms with Crippen LogP contribution in [0.2, 0.25) is 0 Å². The van der Waals surface area contributed by atoms with Gasteiger partial charge in [-0.25, -0.2) is 0 Å². The molecule has 0 aliphatic heterocycles. The molecule has 0 fully saturated rings. The van der Waals surface area contributed by atoms with Crippen LogP contribution in [0.15, 0.2) is 53.0 Å². The van der Waals surface area contributed by atoms with Gasteiger partial charge in [0.1, 0.15) is 5.75 Å². The highest BCUT2D eigenvalue weighted by Crippen LogP contribution is 2.23. The minimum Gasteiger partial charge on any atom is -0.497 e. The topological polar surface area (TPSA) is 35.2 Å². The maximum Gasteiger partial charge on any atom is 0.118 e. The molecule has 17 heavy (non-hydrogen) atoms. The van der Waals surface area contributed by atoms with Gasteiger partial charge in [-0.2, -0.15) is 0 Å². The van der Waals surface area contributed by atoms with Crippen molar-refractivity contribution in [3.8, 4) is 5.75 Å². The van der Waals surface area contributed by atoms with Crippen molar-refractivity contribution in [2.45, 2.75) is 6.04 Å². The van der Waals surface area contributed by atoms with Crippen molar-refractivity contribution in [2.75, 3.05) is 7.11 Å². The minimum absolute atomic E-state index is 0.113. The molecule has 2 rings (SSSR count). The van der Waals surface area contributed by atoms with Gasteiger partial charge in [-0.05, 0) is 35.4 Å². The van der Waals surface area contributed by atoms with Crippen LogP contribution in [-0.2, 0) is 0 Å². The second-order valence-electron chi connectivity index (χ2n) is 3.81. The van der Waals surface area contributed by atoms with E-state index in [0.717, 1.165) is 21.3 Å². The Balaban J connectivity index is 2.27. The Kier molecular flexibility index (Phi) is 3.82. The van der Waals surface area contributed by atoms with Crippen LogP contribution in [0, 0.1) is 0 Å². The molecule has 0 aliphatic rings. The predicted molar refractivity (Wildman–Crippen MR) is 73.2 cm³/mol. The first-order chi connectivity index (χ1) is 8.20. The lowest BCUT2D eigenvalue weighted by Gasteiger charge is -2.13. The number of methoxy groups -OCH3 is 1. The summed E-state index contributed by atoms with van der Waals surface area (Å²) in [6.07, 6.45) is 0. The smallest absolute Gasteiger partial charge is 0.118 e. The number of halogens is 1. The number of hydrogen-bond acceptors (Lipinski definition) is 2. The lowest BCUT2D eigenvalue weighted by atomic mass is 10.00. The molecule has 0 heterocycles. The molecule has 2 aromatic carbocycles. The fourth-order valence-electron chi connectivity index (χ4n) is 1.70. The Morgan fingerprint density at radius 3 is 2.35 bits per heavy atom. The van der Waals surface area contributed by atoms with Gasteiger partial charge >= 0.3 is 0 Å². The van der Waals surface area contributed by atoms with E-state index in [1.807, 2.05) is 48.5 Å². The Bertz CT molecular complexity index is 496. The SMILES string of the molecule is COc1ccc(C(N)c2cccc(Br)c2)cc1. The molecule has 1 atom stereocenters. The molecule has 2 nitrogen and oxygen atoms in total. The van der Waals surface area contributed by atoms with Gasteiger partial charge in [0.15, 0.2) is 0 Å². The van der Waals surface area contributed by atoms with E-state index < -0.39 is 0 Å². The van der Waals surface area contributed by atoms with E-state index >= 15 is 0 Å². The average molecular weight is 292 g/mol. The van der Waals surface area contributed by atoms with E-state index in [4.69, 9.17) is 10.5 Å². The van der Waals surface area contributed by atoms with E-state index in [9.17, 15) is 0 Å². The third kappa shape index (κ3) is 2.87. The molecule has 0 aliphatic carbocycles. The van der Waals surface area contributed by atoms with E-state index in [0.29, 0.717) is 0 Å². The van der Waals surface area contributed by atoms with Gasteiger partial charge in [-0.15, -0.1) is 0 Å². The first-order valence-corrected chi connectivity index (χ1v) is 6.15. The second kappa shape index (κ2) is 5.34. The number of hydrogen-bond donors (Lipinski definition) is 1. The highest BCUT2D eigenvalue weighted by Gasteiger charge is 2.08. The molecule has 0 saturated carbocycles. The summed E-state index contributed by atoms with van der Waals surface area (Å²) in [6, 6.07) is 15.8. The molecule has 88 valence electrons. The van der Waals surface area contributed by atoms with Crippen molar-refractivity contribution in [3.63, 3.8) is 0 Å². The third-order valence-electron chi connectivity index (χ3n) is 2.68. The summed E-state index contributed by atoms with van der Waals surface area (Å²) < 4.78 is 6.17. The molecule has 2 aromatic rings. The molecular weight excluding hydrogens is 278 g/mol. The summed E-state index contributed by atoms with van der Waals surface area (Å²) >= 11 is 3.45. The van der Waals surface area contributed by atoms with Gasteiger partial charge in [0.25, 0.3) is 0 Å². The lowest BCUT2D eigenvalue weighted by Crippen LogP contribution is -2.11. The van der Waals surface area contributed by atoms with Gasteiger partial charge in [-0.1, -0.05) is 40.2 Å². The summed E-state index contributed by atoms with van der Waals surface area (Å²) in [5.74, 6) is 0.843. The standard InChI is InChI=1S/C14H14BrNO/c1-17-13-7-5-10(6-8-13)14(16)11-3-2-4-12(15)9-11/h2-9,14H,16H2,1H3. The Morgan fingerprint density at radius 1 is 1.06 bits per heavy atom. The van der Waals surface area contributed by atoms with E-state index in [2.05, 4.69) is 15.9 Å². The van der Waals surface area contributed by atoms with Crippen LogP contribution in [0.3, 0.4) is 0 Å². The number of nitrogens with two attached hydrogens (primary N) is 1. The monoisotopic (exact) mass is 291 g/mol. The molecule has 2 N–H and O–H groups in total. The van der Waals surface area contributed by atoms with Crippen molar-refractivity contribution in [1.29, 1.82) is 0 Å². The Labute approximate surface area is 110 Å². The molecule has 0 spiro atoms. The van der Waals surface area contributed by atoms with E-state index in [-0.39, 0.29) is 6.04 Å². The van der Waals surface area contributed by atoms with Crippen molar-refractivity contribution < 1.29 is 4.74 Å². The fraction of sp³-hybridized carbons (Fsp3) is 0.143. The zero-order chi connectivity index (χ0) is 12.3. The van der Waals surface area contributed by atoms with Crippen LogP contribution in [0.4, 0.5) is 0 Å². The highest BCUT2D eigenvalue weighted by molar-refractivity contribution is 9.10. The Morgan fingerprint density at radius 2 is 1.76 bits per heavy atom. The molecular formula is C14H14BrNO. The molecule has 0 aromatic heterocycles. The van der Waals surface area contributed by atoms with Gasteiger partial charge < -0.3 is 10.5 Å². The van der Waals surface area contributed by atoms with Crippen molar-refractivity contribution in [2.24, 2.45) is 5.73 Å². The van der Waals surface area contributed by atoms with Crippen molar-refractivity contribution in [3.05, 3.63) is 64.1 Å². The molecule has 0 bridgehead atoms. The second-order valence-corrected chi connectivity index (χ2v) is 4.72. The molecule has 1 unspecified atom stereocenters. The lowest BCUT2D eigenvalue weighted by molar-refractivity contribution is 0.414. The zero-order valence-electron chi connectivity index (χ0n) is 9.56. The van der Waals surface area contributed by atoms with Crippen molar-refractivity contribution in [1.82, 2.24) is 0 Å². The summed E-state index contributed by atoms with van der Waals surface area (Å²) in [4.78, 5) is 0. The molecule has 0 saturated heterocycles. The maximum atomic E-state index is 6.22. The van der Waals surface area contributed by atoms with Gasteiger partial charge in [0, 0.05) is 4.47 Å². The normalized spacial score (nSPS) is 12.2. The largest absolute Gasteiger partial charge is 0.497 e. The first-order valence-electron chi connectivity index (χ1n) is 5.35. The van der Waals surface area contributed by atoms with Crippen LogP contribution >= 0.6 is 15.9 Å². The minimum atomic E-state index is -0.113. The van der Waals surface area contributed by atoms with Gasteiger partial charge in [0.2, 0.25) is 0 Å². The molecule has 3 heteroatoms. The number of ether oxygens (including phenoxy) is 1. The quantitative estimate of drug-likeness (QED) is 0.939. The number of rotatable bonds is 3. The van der Waals surface area contributed by atoms with Crippen LogP contribution in [0.1, 0.15) is 17.2 Å². The third-order valence-corrected chi connectivity index (χ3v) is 3.18. The van der Waals surface area contributed by atoms with Crippen LogP contribution in [0.5, 0.6) is 5.75 Å². The average Bonchev–Trinajstić information content (AvgIpc) is 2.38. The van der Waals surface area contributed by atoms with Crippen molar-refractivity contribution >= 4 is 15.9 Å². The zero-order valence-corrected chi connectivity index (χ0v) is 11.1. The predicted octanol–water partition coefficient (Wildman–Crippen LogP) is 3.51. The maximum absolute atomic E-state index is 6.22. The fourth-order valence-corrected chi connectivity index (χ4v) is 2.12. The summed E-state index contributed by atoms with van der Waals surface area (Å²) in [6.45, 7) is 0. The summed E-state index contributed by atoms with van der Waals surface area (Å²) in [5, 5.41) is 0. The van der Waals surface area contributed by atoms with Crippen LogP contribution in [0.25, 0.3) is 0 Å². The van der Waals surface area contributed by atoms with Gasteiger partial charge in [-0.3, -0.25) is 0 Å². The van der Waals surface area contributed by atoms with Crippen LogP contribution in [-0.4, -0.2) is 7.11 Å². The first kappa shape index (κ1) is 12.1. The van der Waals surface area contributed by atoms with Gasteiger partial charge in [0.05, 0.1) is 13.2 Å². The summed E-state index contributed by atoms with van der Waals surface area (Å²) in [7, 11) is 1.66. The summed E-state index contributed by atoms with van der Waals surface area (Å²) in [5.41, 5.74) is 8.38. The van der Waals surface area contributed by atoms with E-state index in [1.165, 1.54) is 0 Å².